The molecule has 2 heterocycles. The highest BCUT2D eigenvalue weighted by molar-refractivity contribution is 5.74. The average Bonchev–Trinajstić information content (AvgIpc) is 2.88. The summed E-state index contributed by atoms with van der Waals surface area (Å²) < 4.78 is 5.63. The number of nitrogens with two attached hydrogens (primary N) is 1. The minimum Gasteiger partial charge on any atom is -0.492 e. The third-order valence-corrected chi connectivity index (χ3v) is 4.59. The van der Waals surface area contributed by atoms with Gasteiger partial charge in [0.2, 0.25) is 0 Å². The van der Waals surface area contributed by atoms with Gasteiger partial charge in [-0.1, -0.05) is 6.07 Å². The van der Waals surface area contributed by atoms with Crippen molar-refractivity contribution in [2.24, 2.45) is 0 Å². The number of para-hydroxylation sites is 1. The normalized spacial score (nSPS) is 26.6. The van der Waals surface area contributed by atoms with E-state index in [1.165, 1.54) is 19.4 Å². The quantitative estimate of drug-likeness (QED) is 0.860. The SMILES string of the molecule is CCOc1cccc(N2CC3CCCN3CC2C)c1N. The molecular formula is C16H25N3O. The predicted octanol–water partition coefficient (Wildman–Crippen LogP) is 2.34. The first-order valence-corrected chi connectivity index (χ1v) is 7.72. The lowest BCUT2D eigenvalue weighted by molar-refractivity contribution is 0.203. The molecule has 4 heteroatoms. The van der Waals surface area contributed by atoms with Crippen LogP contribution in [-0.4, -0.2) is 43.2 Å². The Morgan fingerprint density at radius 3 is 3.00 bits per heavy atom. The van der Waals surface area contributed by atoms with Crippen LogP contribution < -0.4 is 15.4 Å². The maximum Gasteiger partial charge on any atom is 0.144 e. The van der Waals surface area contributed by atoms with E-state index < -0.39 is 0 Å². The third kappa shape index (κ3) is 2.33. The Kier molecular flexibility index (Phi) is 3.74. The van der Waals surface area contributed by atoms with Gasteiger partial charge in [0.1, 0.15) is 5.75 Å². The summed E-state index contributed by atoms with van der Waals surface area (Å²) in [4.78, 5) is 5.09. The zero-order chi connectivity index (χ0) is 14.1. The monoisotopic (exact) mass is 275 g/mol. The third-order valence-electron chi connectivity index (χ3n) is 4.59. The summed E-state index contributed by atoms with van der Waals surface area (Å²) in [6, 6.07) is 7.33. The van der Waals surface area contributed by atoms with Crippen molar-refractivity contribution in [1.29, 1.82) is 0 Å². The number of rotatable bonds is 3. The van der Waals surface area contributed by atoms with Gasteiger partial charge in [-0.2, -0.15) is 0 Å². The van der Waals surface area contributed by atoms with E-state index in [4.69, 9.17) is 10.5 Å². The number of piperazine rings is 1. The van der Waals surface area contributed by atoms with Crippen molar-refractivity contribution in [3.8, 4) is 5.75 Å². The fourth-order valence-electron chi connectivity index (χ4n) is 3.59. The molecule has 2 N–H and O–H groups in total. The van der Waals surface area contributed by atoms with Crippen molar-refractivity contribution in [2.75, 3.05) is 36.9 Å². The molecule has 2 atom stereocenters. The highest BCUT2D eigenvalue weighted by Crippen LogP contribution is 2.36. The maximum absolute atomic E-state index is 6.32. The largest absolute Gasteiger partial charge is 0.492 e. The molecule has 1 aromatic carbocycles. The second-order valence-corrected chi connectivity index (χ2v) is 5.91. The number of fused-ring (bicyclic) bond motifs is 1. The van der Waals surface area contributed by atoms with Crippen LogP contribution in [0.1, 0.15) is 26.7 Å². The van der Waals surface area contributed by atoms with E-state index in [1.807, 2.05) is 19.1 Å². The van der Waals surface area contributed by atoms with Gasteiger partial charge in [-0.05, 0) is 45.4 Å². The molecule has 0 aliphatic carbocycles. The maximum atomic E-state index is 6.32. The average molecular weight is 275 g/mol. The minimum atomic E-state index is 0.503. The second-order valence-electron chi connectivity index (χ2n) is 5.91. The van der Waals surface area contributed by atoms with Gasteiger partial charge in [-0.15, -0.1) is 0 Å². The molecule has 2 aliphatic rings. The minimum absolute atomic E-state index is 0.503. The van der Waals surface area contributed by atoms with Crippen LogP contribution in [0.25, 0.3) is 0 Å². The van der Waals surface area contributed by atoms with E-state index in [1.54, 1.807) is 0 Å². The molecule has 2 fully saturated rings. The van der Waals surface area contributed by atoms with Crippen LogP contribution in [0.5, 0.6) is 5.75 Å². The number of hydrogen-bond donors (Lipinski definition) is 1. The topological polar surface area (TPSA) is 41.7 Å². The van der Waals surface area contributed by atoms with Crippen LogP contribution in [0.4, 0.5) is 11.4 Å². The Morgan fingerprint density at radius 1 is 1.35 bits per heavy atom. The van der Waals surface area contributed by atoms with E-state index in [0.717, 1.165) is 30.2 Å². The van der Waals surface area contributed by atoms with Crippen molar-refractivity contribution in [3.05, 3.63) is 18.2 Å². The van der Waals surface area contributed by atoms with E-state index in [0.29, 0.717) is 18.7 Å². The molecule has 4 nitrogen and oxygen atoms in total. The van der Waals surface area contributed by atoms with Gasteiger partial charge in [-0.3, -0.25) is 4.90 Å². The Morgan fingerprint density at radius 2 is 2.20 bits per heavy atom. The van der Waals surface area contributed by atoms with Crippen molar-refractivity contribution in [2.45, 2.75) is 38.8 Å². The van der Waals surface area contributed by atoms with Gasteiger partial charge >= 0.3 is 0 Å². The first-order valence-electron chi connectivity index (χ1n) is 7.72. The zero-order valence-electron chi connectivity index (χ0n) is 12.5. The van der Waals surface area contributed by atoms with Crippen molar-refractivity contribution < 1.29 is 4.74 Å². The van der Waals surface area contributed by atoms with Crippen molar-refractivity contribution in [3.63, 3.8) is 0 Å². The second kappa shape index (κ2) is 5.52. The summed E-state index contributed by atoms with van der Waals surface area (Å²) in [6.07, 6.45) is 2.65. The van der Waals surface area contributed by atoms with Gasteiger partial charge in [0.15, 0.2) is 0 Å². The number of benzene rings is 1. The molecule has 1 aromatic rings. The smallest absolute Gasteiger partial charge is 0.144 e. The van der Waals surface area contributed by atoms with Crippen LogP contribution in [0, 0.1) is 0 Å². The summed E-state index contributed by atoms with van der Waals surface area (Å²) in [5.74, 6) is 0.811. The predicted molar refractivity (Wildman–Crippen MR) is 83.4 cm³/mol. The number of nitrogens with zero attached hydrogens (tertiary/aromatic N) is 2. The van der Waals surface area contributed by atoms with Crippen LogP contribution in [0.15, 0.2) is 18.2 Å². The number of anilines is 2. The Balaban J connectivity index is 1.86. The Hall–Kier alpha value is -1.42. The van der Waals surface area contributed by atoms with Gasteiger partial charge in [0, 0.05) is 25.2 Å². The number of hydrogen-bond acceptors (Lipinski definition) is 4. The van der Waals surface area contributed by atoms with Crippen molar-refractivity contribution in [1.82, 2.24) is 4.90 Å². The molecule has 20 heavy (non-hydrogen) atoms. The molecule has 0 aromatic heterocycles. The highest BCUT2D eigenvalue weighted by atomic mass is 16.5. The number of ether oxygens (including phenoxy) is 1. The fourth-order valence-corrected chi connectivity index (χ4v) is 3.59. The van der Waals surface area contributed by atoms with Crippen LogP contribution >= 0.6 is 0 Å². The Bertz CT molecular complexity index is 477. The van der Waals surface area contributed by atoms with E-state index in [-0.39, 0.29) is 0 Å². The molecule has 2 saturated heterocycles. The molecule has 0 spiro atoms. The molecule has 110 valence electrons. The van der Waals surface area contributed by atoms with Gasteiger partial charge < -0.3 is 15.4 Å². The number of nitrogen functional groups attached to an aromatic ring is 1. The highest BCUT2D eigenvalue weighted by Gasteiger charge is 2.35. The molecule has 0 saturated carbocycles. The molecule has 0 amide bonds. The van der Waals surface area contributed by atoms with Crippen LogP contribution in [0.3, 0.4) is 0 Å². The summed E-state index contributed by atoms with van der Waals surface area (Å²) >= 11 is 0. The lowest BCUT2D eigenvalue weighted by Gasteiger charge is -2.44. The van der Waals surface area contributed by atoms with E-state index in [2.05, 4.69) is 22.8 Å². The van der Waals surface area contributed by atoms with Gasteiger partial charge in [-0.25, -0.2) is 0 Å². The lowest BCUT2D eigenvalue weighted by atomic mass is 10.1. The first kappa shape index (κ1) is 13.6. The molecule has 3 rings (SSSR count). The standard InChI is InChI=1S/C16H25N3O/c1-3-20-15-8-4-7-14(16(15)17)19-11-13-6-5-9-18(13)10-12(19)2/h4,7-8,12-13H,3,5-6,9-11,17H2,1-2H3. The first-order chi connectivity index (χ1) is 9.70. The van der Waals surface area contributed by atoms with E-state index >= 15 is 0 Å². The summed E-state index contributed by atoms with van der Waals surface area (Å²) in [5.41, 5.74) is 8.24. The fraction of sp³-hybridized carbons (Fsp3) is 0.625. The summed E-state index contributed by atoms with van der Waals surface area (Å²) in [6.45, 7) is 8.42. The summed E-state index contributed by atoms with van der Waals surface area (Å²) in [7, 11) is 0. The van der Waals surface area contributed by atoms with Crippen LogP contribution in [0.2, 0.25) is 0 Å². The molecule has 2 unspecified atom stereocenters. The zero-order valence-corrected chi connectivity index (χ0v) is 12.5. The van der Waals surface area contributed by atoms with Gasteiger partial charge in [0.05, 0.1) is 18.0 Å². The Labute approximate surface area is 121 Å². The van der Waals surface area contributed by atoms with E-state index in [9.17, 15) is 0 Å². The van der Waals surface area contributed by atoms with Crippen molar-refractivity contribution >= 4 is 11.4 Å². The van der Waals surface area contributed by atoms with Crippen LogP contribution in [-0.2, 0) is 0 Å². The molecule has 0 radical (unpaired) electrons. The molecular weight excluding hydrogens is 250 g/mol. The lowest BCUT2D eigenvalue weighted by Crippen LogP contribution is -2.55. The molecule has 2 aliphatic heterocycles. The summed E-state index contributed by atoms with van der Waals surface area (Å²) in [5, 5.41) is 0. The molecule has 0 bridgehead atoms. The van der Waals surface area contributed by atoms with Gasteiger partial charge in [0.25, 0.3) is 0 Å².